The molecular weight excluding hydrogens is 382 g/mol. The quantitative estimate of drug-likeness (QED) is 0.564. The lowest BCUT2D eigenvalue weighted by atomic mass is 10.0. The summed E-state index contributed by atoms with van der Waals surface area (Å²) in [5, 5.41) is 7.18. The Hall–Kier alpha value is -1.59. The van der Waals surface area contributed by atoms with E-state index in [0.29, 0.717) is 5.11 Å². The predicted molar refractivity (Wildman–Crippen MR) is 110 cm³/mol. The van der Waals surface area contributed by atoms with Gasteiger partial charge in [-0.05, 0) is 61.3 Å². The van der Waals surface area contributed by atoms with E-state index in [9.17, 15) is 0 Å². The molecule has 5 heteroatoms. The average Bonchev–Trinajstić information content (AvgIpc) is 2.59. The second-order valence-corrected chi connectivity index (χ2v) is 7.29. The molecule has 2 N–H and O–H groups in total. The first-order valence-corrected chi connectivity index (χ1v) is 9.56. The van der Waals surface area contributed by atoms with Crippen LogP contribution in [0.2, 0.25) is 0 Å². The van der Waals surface area contributed by atoms with Crippen LogP contribution in [0.1, 0.15) is 18.4 Å². The first-order valence-electron chi connectivity index (χ1n) is 8.35. The highest BCUT2D eigenvalue weighted by molar-refractivity contribution is 9.10. The van der Waals surface area contributed by atoms with Gasteiger partial charge >= 0.3 is 0 Å². The number of rotatable bonds is 5. The number of hydrogen-bond acceptors (Lipinski definition) is 2. The van der Waals surface area contributed by atoms with Crippen LogP contribution in [0.15, 0.2) is 53.0 Å². The highest BCUT2D eigenvalue weighted by Gasteiger charge is 2.15. The topological polar surface area (TPSA) is 27.3 Å². The number of nitrogens with zero attached hydrogens (tertiary/aromatic N) is 1. The van der Waals surface area contributed by atoms with E-state index in [4.69, 9.17) is 12.2 Å². The van der Waals surface area contributed by atoms with Crippen molar-refractivity contribution in [2.24, 2.45) is 0 Å². The first kappa shape index (κ1) is 17.2. The Bertz CT molecular complexity index is 705. The van der Waals surface area contributed by atoms with E-state index in [1.165, 1.54) is 24.1 Å². The third-order valence-corrected chi connectivity index (χ3v) is 4.92. The van der Waals surface area contributed by atoms with Crippen molar-refractivity contribution in [1.82, 2.24) is 5.32 Å². The minimum absolute atomic E-state index is 0.673. The SMILES string of the molecule is S=C(NCCCN1CCCc2ccccc21)Nc1cccc(Br)c1. The van der Waals surface area contributed by atoms with Crippen molar-refractivity contribution in [2.45, 2.75) is 19.3 Å². The number of nitrogens with one attached hydrogen (secondary N) is 2. The molecule has 3 rings (SSSR count). The fourth-order valence-corrected chi connectivity index (χ4v) is 3.68. The van der Waals surface area contributed by atoms with Gasteiger partial charge in [0.1, 0.15) is 0 Å². The van der Waals surface area contributed by atoms with Crippen molar-refractivity contribution in [3.8, 4) is 0 Å². The predicted octanol–water partition coefficient (Wildman–Crippen LogP) is 4.58. The summed E-state index contributed by atoms with van der Waals surface area (Å²) in [7, 11) is 0. The lowest BCUT2D eigenvalue weighted by molar-refractivity contribution is 0.658. The molecule has 0 saturated carbocycles. The summed E-state index contributed by atoms with van der Waals surface area (Å²) in [5.74, 6) is 0. The molecule has 2 aromatic rings. The molecular formula is C19H22BrN3S. The number of thiocarbonyl (C=S) groups is 1. The molecule has 1 heterocycles. The van der Waals surface area contributed by atoms with Crippen molar-refractivity contribution in [1.29, 1.82) is 0 Å². The maximum Gasteiger partial charge on any atom is 0.170 e. The summed E-state index contributed by atoms with van der Waals surface area (Å²) in [6.45, 7) is 3.08. The molecule has 0 unspecified atom stereocenters. The van der Waals surface area contributed by atoms with Crippen LogP contribution in [0.3, 0.4) is 0 Å². The Kier molecular flexibility index (Phi) is 6.10. The smallest absolute Gasteiger partial charge is 0.170 e. The zero-order chi connectivity index (χ0) is 16.8. The molecule has 0 aromatic heterocycles. The van der Waals surface area contributed by atoms with Crippen LogP contribution in [0.4, 0.5) is 11.4 Å². The summed E-state index contributed by atoms with van der Waals surface area (Å²) in [4.78, 5) is 2.49. The lowest BCUT2D eigenvalue weighted by Gasteiger charge is -2.31. The molecule has 24 heavy (non-hydrogen) atoms. The molecule has 3 nitrogen and oxygen atoms in total. The first-order chi connectivity index (χ1) is 11.7. The van der Waals surface area contributed by atoms with Crippen LogP contribution in [0.5, 0.6) is 0 Å². The van der Waals surface area contributed by atoms with Crippen LogP contribution in [0, 0.1) is 0 Å². The van der Waals surface area contributed by atoms with Crippen LogP contribution in [-0.2, 0) is 6.42 Å². The molecule has 2 aromatic carbocycles. The van der Waals surface area contributed by atoms with Gasteiger partial charge in [0, 0.05) is 35.5 Å². The second-order valence-electron chi connectivity index (χ2n) is 5.96. The fraction of sp³-hybridized carbons (Fsp3) is 0.316. The molecule has 126 valence electrons. The van der Waals surface area contributed by atoms with Crippen LogP contribution in [0.25, 0.3) is 0 Å². The van der Waals surface area contributed by atoms with Crippen molar-refractivity contribution in [3.63, 3.8) is 0 Å². The van der Waals surface area contributed by atoms with E-state index in [1.807, 2.05) is 24.3 Å². The maximum atomic E-state index is 5.36. The highest BCUT2D eigenvalue weighted by Crippen LogP contribution is 2.26. The van der Waals surface area contributed by atoms with Gasteiger partial charge in [-0.25, -0.2) is 0 Å². The molecule has 0 atom stereocenters. The van der Waals surface area contributed by atoms with E-state index < -0.39 is 0 Å². The molecule has 0 amide bonds. The lowest BCUT2D eigenvalue weighted by Crippen LogP contribution is -2.34. The van der Waals surface area contributed by atoms with Gasteiger partial charge < -0.3 is 15.5 Å². The standard InChI is InChI=1S/C19H22BrN3S/c20-16-8-3-9-17(14-16)22-19(24)21-11-5-13-23-12-4-7-15-6-1-2-10-18(15)23/h1-3,6,8-10,14H,4-5,7,11-13H2,(H2,21,22,24). The zero-order valence-electron chi connectivity index (χ0n) is 13.6. The van der Waals surface area contributed by atoms with Crippen molar-refractivity contribution >= 4 is 44.6 Å². The van der Waals surface area contributed by atoms with Gasteiger partial charge in [0.2, 0.25) is 0 Å². The van der Waals surface area contributed by atoms with Crippen molar-refractivity contribution in [3.05, 3.63) is 58.6 Å². The van der Waals surface area contributed by atoms with E-state index in [2.05, 4.69) is 55.7 Å². The van der Waals surface area contributed by atoms with Crippen LogP contribution in [-0.4, -0.2) is 24.7 Å². The number of hydrogen-bond donors (Lipinski definition) is 2. The summed E-state index contributed by atoms with van der Waals surface area (Å²) in [6.07, 6.45) is 3.51. The molecule has 0 fully saturated rings. The zero-order valence-corrected chi connectivity index (χ0v) is 16.0. The maximum absolute atomic E-state index is 5.36. The number of anilines is 2. The summed E-state index contributed by atoms with van der Waals surface area (Å²) >= 11 is 8.83. The van der Waals surface area contributed by atoms with Crippen LogP contribution < -0.4 is 15.5 Å². The molecule has 0 bridgehead atoms. The number of benzene rings is 2. The average molecular weight is 404 g/mol. The Morgan fingerprint density at radius 3 is 2.92 bits per heavy atom. The summed E-state index contributed by atoms with van der Waals surface area (Å²) in [6, 6.07) is 16.8. The third-order valence-electron chi connectivity index (χ3n) is 4.18. The minimum atomic E-state index is 0.673. The molecule has 0 saturated heterocycles. The Balaban J connectivity index is 1.42. The largest absolute Gasteiger partial charge is 0.371 e. The van der Waals surface area contributed by atoms with Gasteiger partial charge in [0.05, 0.1) is 0 Å². The Morgan fingerprint density at radius 2 is 2.04 bits per heavy atom. The second kappa shape index (κ2) is 8.49. The fourth-order valence-electron chi connectivity index (χ4n) is 3.06. The van der Waals surface area contributed by atoms with Crippen molar-refractivity contribution < 1.29 is 0 Å². The van der Waals surface area contributed by atoms with Gasteiger partial charge in [-0.3, -0.25) is 0 Å². The third kappa shape index (κ3) is 4.71. The number of fused-ring (bicyclic) bond motifs is 1. The van der Waals surface area contributed by atoms with Gasteiger partial charge in [0.25, 0.3) is 0 Å². The highest BCUT2D eigenvalue weighted by atomic mass is 79.9. The van der Waals surface area contributed by atoms with E-state index in [0.717, 1.165) is 36.2 Å². The molecule has 1 aliphatic heterocycles. The molecule has 0 aliphatic carbocycles. The number of halogens is 1. The minimum Gasteiger partial charge on any atom is -0.371 e. The van der Waals surface area contributed by atoms with E-state index >= 15 is 0 Å². The normalized spacial score (nSPS) is 13.3. The molecule has 0 radical (unpaired) electrons. The van der Waals surface area contributed by atoms with Gasteiger partial charge in [-0.15, -0.1) is 0 Å². The van der Waals surface area contributed by atoms with Crippen molar-refractivity contribution in [2.75, 3.05) is 29.9 Å². The monoisotopic (exact) mass is 403 g/mol. The molecule has 1 aliphatic rings. The van der Waals surface area contributed by atoms with E-state index in [-0.39, 0.29) is 0 Å². The number of para-hydroxylation sites is 1. The summed E-state index contributed by atoms with van der Waals surface area (Å²) < 4.78 is 1.04. The van der Waals surface area contributed by atoms with Gasteiger partial charge in [-0.1, -0.05) is 40.2 Å². The Morgan fingerprint density at radius 1 is 1.17 bits per heavy atom. The van der Waals surface area contributed by atoms with Crippen LogP contribution >= 0.6 is 28.1 Å². The Labute approximate surface area is 157 Å². The summed E-state index contributed by atoms with van der Waals surface area (Å²) in [5.41, 5.74) is 3.87. The number of aryl methyl sites for hydroxylation is 1. The van der Waals surface area contributed by atoms with E-state index in [1.54, 1.807) is 0 Å². The molecule has 0 spiro atoms. The van der Waals surface area contributed by atoms with Gasteiger partial charge in [0.15, 0.2) is 5.11 Å². The van der Waals surface area contributed by atoms with Gasteiger partial charge in [-0.2, -0.15) is 0 Å².